The quantitative estimate of drug-likeness (QED) is 0.621. The fraction of sp³-hybridized carbons (Fsp3) is 0.111. The van der Waals surface area contributed by atoms with Crippen molar-refractivity contribution in [3.05, 3.63) is 64.9 Å². The number of imidazole rings is 1. The number of nitrogens with one attached hydrogen (secondary N) is 2. The van der Waals surface area contributed by atoms with Crippen LogP contribution in [-0.2, 0) is 14.8 Å². The van der Waals surface area contributed by atoms with Crippen molar-refractivity contribution in [3.63, 3.8) is 0 Å². The van der Waals surface area contributed by atoms with E-state index in [9.17, 15) is 13.2 Å². The lowest BCUT2D eigenvalue weighted by Crippen LogP contribution is -2.17. The SMILES string of the molecule is CC(=O)Nc1cc(C)c(S(=O)(=O)Nc2nccn2-c2ccccc2)cc1Br. The third-order valence-corrected chi connectivity index (χ3v) is 5.89. The Kier molecular flexibility index (Phi) is 5.33. The van der Waals surface area contributed by atoms with Crippen LogP contribution in [-0.4, -0.2) is 23.9 Å². The van der Waals surface area contributed by atoms with Gasteiger partial charge in [0.05, 0.1) is 10.6 Å². The van der Waals surface area contributed by atoms with Crippen LogP contribution in [0.1, 0.15) is 12.5 Å². The number of benzene rings is 2. The molecule has 0 aliphatic carbocycles. The summed E-state index contributed by atoms with van der Waals surface area (Å²) in [7, 11) is -3.89. The Labute approximate surface area is 165 Å². The first-order valence-electron chi connectivity index (χ1n) is 7.97. The first-order chi connectivity index (χ1) is 12.8. The largest absolute Gasteiger partial charge is 0.325 e. The minimum Gasteiger partial charge on any atom is -0.325 e. The molecule has 1 aromatic heterocycles. The van der Waals surface area contributed by atoms with Gasteiger partial charge in [0, 0.05) is 29.5 Å². The number of aromatic nitrogens is 2. The highest BCUT2D eigenvalue weighted by atomic mass is 79.9. The minimum atomic E-state index is -3.89. The molecule has 0 aliphatic heterocycles. The maximum absolute atomic E-state index is 12.9. The summed E-state index contributed by atoms with van der Waals surface area (Å²) in [5.41, 5.74) is 1.78. The van der Waals surface area contributed by atoms with Crippen molar-refractivity contribution in [2.24, 2.45) is 0 Å². The van der Waals surface area contributed by atoms with Gasteiger partial charge in [-0.3, -0.25) is 9.36 Å². The van der Waals surface area contributed by atoms with Gasteiger partial charge in [-0.25, -0.2) is 18.1 Å². The smallest absolute Gasteiger partial charge is 0.264 e. The molecule has 9 heteroatoms. The van der Waals surface area contributed by atoms with E-state index in [-0.39, 0.29) is 16.8 Å². The Hall–Kier alpha value is -2.65. The van der Waals surface area contributed by atoms with Gasteiger partial charge in [0.2, 0.25) is 11.9 Å². The van der Waals surface area contributed by atoms with Gasteiger partial charge in [-0.05, 0) is 52.7 Å². The molecular formula is C18H17BrN4O3S. The van der Waals surface area contributed by atoms with E-state index >= 15 is 0 Å². The molecule has 1 heterocycles. The lowest BCUT2D eigenvalue weighted by Gasteiger charge is -2.14. The number of amides is 1. The van der Waals surface area contributed by atoms with E-state index in [0.29, 0.717) is 15.7 Å². The second kappa shape index (κ2) is 7.53. The predicted octanol–water partition coefficient (Wildman–Crippen LogP) is 3.70. The minimum absolute atomic E-state index is 0.0890. The zero-order chi connectivity index (χ0) is 19.6. The van der Waals surface area contributed by atoms with Crippen molar-refractivity contribution in [2.75, 3.05) is 10.0 Å². The molecule has 0 atom stereocenters. The van der Waals surface area contributed by atoms with Gasteiger partial charge in [-0.2, -0.15) is 0 Å². The van der Waals surface area contributed by atoms with Crippen LogP contribution in [0.4, 0.5) is 11.6 Å². The number of nitrogens with zero attached hydrogens (tertiary/aromatic N) is 2. The lowest BCUT2D eigenvalue weighted by atomic mass is 10.2. The van der Waals surface area contributed by atoms with Gasteiger partial charge in [-0.15, -0.1) is 0 Å². The third-order valence-electron chi connectivity index (χ3n) is 3.77. The van der Waals surface area contributed by atoms with Gasteiger partial charge >= 0.3 is 0 Å². The molecule has 0 bridgehead atoms. The van der Waals surface area contributed by atoms with Gasteiger partial charge in [0.25, 0.3) is 10.0 Å². The maximum Gasteiger partial charge on any atom is 0.264 e. The Balaban J connectivity index is 1.96. The summed E-state index contributed by atoms with van der Waals surface area (Å²) in [5.74, 6) is -0.0589. The molecule has 7 nitrogen and oxygen atoms in total. The van der Waals surface area contributed by atoms with Gasteiger partial charge in [0.1, 0.15) is 0 Å². The van der Waals surface area contributed by atoms with Crippen molar-refractivity contribution in [3.8, 4) is 5.69 Å². The first-order valence-corrected chi connectivity index (χ1v) is 10.2. The Morgan fingerprint density at radius 3 is 2.56 bits per heavy atom. The van der Waals surface area contributed by atoms with E-state index in [0.717, 1.165) is 5.69 Å². The molecule has 0 spiro atoms. The highest BCUT2D eigenvalue weighted by Crippen LogP contribution is 2.30. The van der Waals surface area contributed by atoms with Crippen molar-refractivity contribution in [1.29, 1.82) is 0 Å². The molecule has 2 N–H and O–H groups in total. The molecule has 140 valence electrons. The number of carbonyl (C=O) groups excluding carboxylic acids is 1. The average Bonchev–Trinajstić information content (AvgIpc) is 3.05. The highest BCUT2D eigenvalue weighted by molar-refractivity contribution is 9.10. The number of anilines is 2. The Bertz CT molecular complexity index is 1100. The number of rotatable bonds is 5. The molecule has 1 amide bonds. The number of halogens is 1. The topological polar surface area (TPSA) is 93.1 Å². The second-order valence-electron chi connectivity index (χ2n) is 5.84. The number of hydrogen-bond donors (Lipinski definition) is 2. The zero-order valence-corrected chi connectivity index (χ0v) is 17.0. The molecule has 0 saturated heterocycles. The molecule has 3 rings (SSSR count). The van der Waals surface area contributed by atoms with Crippen LogP contribution in [0.25, 0.3) is 5.69 Å². The Morgan fingerprint density at radius 2 is 1.89 bits per heavy atom. The van der Waals surface area contributed by atoms with Crippen molar-refractivity contribution in [2.45, 2.75) is 18.7 Å². The van der Waals surface area contributed by atoms with Crippen LogP contribution in [0.3, 0.4) is 0 Å². The number of aryl methyl sites for hydroxylation is 1. The summed E-state index contributed by atoms with van der Waals surface area (Å²) < 4.78 is 30.5. The monoisotopic (exact) mass is 448 g/mol. The fourth-order valence-electron chi connectivity index (χ4n) is 2.59. The average molecular weight is 449 g/mol. The van der Waals surface area contributed by atoms with Crippen molar-refractivity contribution in [1.82, 2.24) is 9.55 Å². The standard InChI is InChI=1S/C18H17BrN4O3S/c1-12-10-16(21-13(2)24)15(19)11-17(12)27(25,26)22-18-20-8-9-23(18)14-6-4-3-5-7-14/h3-11H,1-2H3,(H,20,22)(H,21,24). The van der Waals surface area contributed by atoms with E-state index in [2.05, 4.69) is 31.0 Å². The molecule has 0 radical (unpaired) electrons. The fourth-order valence-corrected chi connectivity index (χ4v) is 4.44. The van der Waals surface area contributed by atoms with Crippen LogP contribution >= 0.6 is 15.9 Å². The maximum atomic E-state index is 12.9. The summed E-state index contributed by atoms with van der Waals surface area (Å²) >= 11 is 3.30. The van der Waals surface area contributed by atoms with Crippen molar-refractivity contribution < 1.29 is 13.2 Å². The van der Waals surface area contributed by atoms with E-state index in [1.807, 2.05) is 30.3 Å². The summed E-state index contributed by atoms with van der Waals surface area (Å²) in [6, 6.07) is 12.3. The normalized spacial score (nSPS) is 11.2. The number of hydrogen-bond acceptors (Lipinski definition) is 4. The van der Waals surface area contributed by atoms with Crippen LogP contribution in [0.5, 0.6) is 0 Å². The number of sulfonamides is 1. The van der Waals surface area contributed by atoms with Gasteiger partial charge < -0.3 is 5.32 Å². The van der Waals surface area contributed by atoms with Crippen LogP contribution in [0, 0.1) is 6.92 Å². The summed E-state index contributed by atoms with van der Waals surface area (Å²) in [6.45, 7) is 3.05. The second-order valence-corrected chi connectivity index (χ2v) is 8.35. The van der Waals surface area contributed by atoms with Crippen LogP contribution in [0.15, 0.2) is 64.2 Å². The van der Waals surface area contributed by atoms with E-state index in [4.69, 9.17) is 0 Å². The molecule has 3 aromatic rings. The zero-order valence-electron chi connectivity index (χ0n) is 14.6. The predicted molar refractivity (Wildman–Crippen MR) is 108 cm³/mol. The molecule has 2 aromatic carbocycles. The summed E-state index contributed by atoms with van der Waals surface area (Å²) in [4.78, 5) is 15.5. The molecular weight excluding hydrogens is 432 g/mol. The highest BCUT2D eigenvalue weighted by Gasteiger charge is 2.21. The van der Waals surface area contributed by atoms with Crippen LogP contribution < -0.4 is 10.0 Å². The summed E-state index contributed by atoms with van der Waals surface area (Å²) in [6.07, 6.45) is 3.20. The number of carbonyl (C=O) groups is 1. The third kappa shape index (κ3) is 4.20. The first kappa shape index (κ1) is 19.1. The molecule has 0 saturated carbocycles. The van der Waals surface area contributed by atoms with Gasteiger partial charge in [-0.1, -0.05) is 18.2 Å². The van der Waals surface area contributed by atoms with E-state index in [1.165, 1.54) is 19.2 Å². The molecule has 0 fully saturated rings. The molecule has 0 unspecified atom stereocenters. The van der Waals surface area contributed by atoms with E-state index in [1.54, 1.807) is 23.8 Å². The van der Waals surface area contributed by atoms with Crippen LogP contribution in [0.2, 0.25) is 0 Å². The van der Waals surface area contributed by atoms with E-state index < -0.39 is 10.0 Å². The van der Waals surface area contributed by atoms with Gasteiger partial charge in [0.15, 0.2) is 0 Å². The number of para-hydroxylation sites is 1. The molecule has 27 heavy (non-hydrogen) atoms. The lowest BCUT2D eigenvalue weighted by molar-refractivity contribution is -0.114. The molecule has 0 aliphatic rings. The summed E-state index contributed by atoms with van der Waals surface area (Å²) in [5, 5.41) is 2.65. The van der Waals surface area contributed by atoms with Crippen molar-refractivity contribution >= 4 is 43.5 Å². The Morgan fingerprint density at radius 1 is 1.19 bits per heavy atom.